The number of ether oxygens (including phenoxy) is 1. The van der Waals surface area contributed by atoms with E-state index in [1.54, 1.807) is 0 Å². The van der Waals surface area contributed by atoms with Crippen LogP contribution >= 0.6 is 11.6 Å². The normalized spacial score (nSPS) is 10.7. The largest absolute Gasteiger partial charge is 0.489 e. The number of nitrogen functional groups attached to an aromatic ring is 1. The number of halogens is 1. The molecule has 0 aliphatic rings. The van der Waals surface area contributed by atoms with Crippen molar-refractivity contribution in [3.8, 4) is 5.75 Å². The van der Waals surface area contributed by atoms with E-state index < -0.39 is 0 Å². The number of nitrogens with two attached hydrogens (primary N) is 1. The van der Waals surface area contributed by atoms with Gasteiger partial charge < -0.3 is 15.8 Å². The fraction of sp³-hybridized carbons (Fsp3) is 0.250. The molecular weight excluding hydrogens is 272 g/mol. The van der Waals surface area contributed by atoms with E-state index in [1.807, 2.05) is 57.2 Å². The predicted octanol–water partition coefficient (Wildman–Crippen LogP) is 4.76. The van der Waals surface area contributed by atoms with Crippen LogP contribution in [0.4, 0.5) is 17.1 Å². The molecule has 0 aliphatic carbocycles. The zero-order chi connectivity index (χ0) is 14.7. The summed E-state index contributed by atoms with van der Waals surface area (Å²) >= 11 is 6.22. The minimum atomic E-state index is 0.0783. The van der Waals surface area contributed by atoms with Gasteiger partial charge in [-0.25, -0.2) is 0 Å². The Hall–Kier alpha value is -1.87. The first-order valence-electron chi connectivity index (χ1n) is 6.56. The molecule has 3 N–H and O–H groups in total. The Bertz CT molecular complexity index is 591. The molecule has 106 valence electrons. The molecule has 0 spiro atoms. The molecule has 0 saturated carbocycles. The maximum Gasteiger partial charge on any atom is 0.144 e. The predicted molar refractivity (Wildman–Crippen MR) is 86.1 cm³/mol. The van der Waals surface area contributed by atoms with Crippen LogP contribution in [0.25, 0.3) is 0 Å². The van der Waals surface area contributed by atoms with Gasteiger partial charge in [-0.1, -0.05) is 29.8 Å². The number of anilines is 3. The topological polar surface area (TPSA) is 47.3 Å². The first-order chi connectivity index (χ1) is 9.49. The van der Waals surface area contributed by atoms with Crippen molar-refractivity contribution in [3.63, 3.8) is 0 Å². The molecule has 2 aromatic rings. The van der Waals surface area contributed by atoms with Gasteiger partial charge in [0.15, 0.2) is 0 Å². The summed E-state index contributed by atoms with van der Waals surface area (Å²) in [5, 5.41) is 3.95. The highest BCUT2D eigenvalue weighted by Gasteiger charge is 2.10. The van der Waals surface area contributed by atoms with E-state index in [1.165, 1.54) is 0 Å². The first-order valence-corrected chi connectivity index (χ1v) is 6.94. The van der Waals surface area contributed by atoms with E-state index in [9.17, 15) is 0 Å². The van der Waals surface area contributed by atoms with Gasteiger partial charge >= 0.3 is 0 Å². The van der Waals surface area contributed by atoms with Gasteiger partial charge in [0.2, 0.25) is 0 Å². The van der Waals surface area contributed by atoms with E-state index in [4.69, 9.17) is 22.1 Å². The van der Waals surface area contributed by atoms with Crippen molar-refractivity contribution in [1.29, 1.82) is 0 Å². The van der Waals surface area contributed by atoms with E-state index in [0.717, 1.165) is 16.9 Å². The van der Waals surface area contributed by atoms with Crippen LogP contribution < -0.4 is 15.8 Å². The molecule has 4 heteroatoms. The Balaban J connectivity index is 2.35. The highest BCUT2D eigenvalue weighted by atomic mass is 35.5. The van der Waals surface area contributed by atoms with Crippen LogP contribution in [0.15, 0.2) is 36.4 Å². The Morgan fingerprint density at radius 2 is 1.85 bits per heavy atom. The standard InChI is InChI=1S/C16H19ClN2O/c1-10(2)20-14-9-5-8-13(15(14)18)19-16-11(3)6-4-7-12(16)17/h4-10,19H,18H2,1-3H3. The molecule has 0 saturated heterocycles. The quantitative estimate of drug-likeness (QED) is 0.798. The molecule has 20 heavy (non-hydrogen) atoms. The van der Waals surface area contributed by atoms with Crippen LogP contribution in [0.1, 0.15) is 19.4 Å². The molecule has 2 rings (SSSR count). The molecule has 0 aliphatic heterocycles. The van der Waals surface area contributed by atoms with Gasteiger partial charge in [-0.2, -0.15) is 0 Å². The van der Waals surface area contributed by atoms with Crippen LogP contribution in [0.2, 0.25) is 5.02 Å². The molecule has 0 unspecified atom stereocenters. The highest BCUT2D eigenvalue weighted by Crippen LogP contribution is 2.35. The van der Waals surface area contributed by atoms with Gasteiger partial charge in [0, 0.05) is 0 Å². The maximum atomic E-state index is 6.22. The van der Waals surface area contributed by atoms with Gasteiger partial charge in [0.25, 0.3) is 0 Å². The summed E-state index contributed by atoms with van der Waals surface area (Å²) in [6, 6.07) is 11.4. The highest BCUT2D eigenvalue weighted by molar-refractivity contribution is 6.33. The number of hydrogen-bond donors (Lipinski definition) is 2. The SMILES string of the molecule is Cc1cccc(Cl)c1Nc1cccc(OC(C)C)c1N. The lowest BCUT2D eigenvalue weighted by atomic mass is 10.1. The van der Waals surface area contributed by atoms with E-state index in [0.29, 0.717) is 16.5 Å². The van der Waals surface area contributed by atoms with E-state index in [2.05, 4.69) is 5.32 Å². The molecule has 0 amide bonds. The summed E-state index contributed by atoms with van der Waals surface area (Å²) in [5.74, 6) is 0.676. The second-order valence-electron chi connectivity index (χ2n) is 4.94. The molecule has 3 nitrogen and oxygen atoms in total. The van der Waals surface area contributed by atoms with Gasteiger partial charge in [0.1, 0.15) is 5.75 Å². The number of nitrogens with one attached hydrogen (secondary N) is 1. The Morgan fingerprint density at radius 1 is 1.15 bits per heavy atom. The molecule has 2 aromatic carbocycles. The minimum Gasteiger partial charge on any atom is -0.489 e. The lowest BCUT2D eigenvalue weighted by Crippen LogP contribution is -2.08. The van der Waals surface area contributed by atoms with E-state index >= 15 is 0 Å². The smallest absolute Gasteiger partial charge is 0.144 e. The third kappa shape index (κ3) is 3.17. The van der Waals surface area contributed by atoms with Crippen molar-refractivity contribution >= 4 is 28.7 Å². The van der Waals surface area contributed by atoms with Gasteiger partial charge in [-0.3, -0.25) is 0 Å². The zero-order valence-corrected chi connectivity index (χ0v) is 12.7. The van der Waals surface area contributed by atoms with Crippen LogP contribution in [-0.4, -0.2) is 6.10 Å². The van der Waals surface area contributed by atoms with Crippen LogP contribution in [0, 0.1) is 6.92 Å². The second kappa shape index (κ2) is 6.06. The third-order valence-corrected chi connectivity index (χ3v) is 3.23. The van der Waals surface area contributed by atoms with Crippen molar-refractivity contribution in [2.75, 3.05) is 11.1 Å². The molecule has 0 atom stereocenters. The van der Waals surface area contributed by atoms with Crippen molar-refractivity contribution < 1.29 is 4.74 Å². The van der Waals surface area contributed by atoms with E-state index in [-0.39, 0.29) is 6.10 Å². The monoisotopic (exact) mass is 290 g/mol. The Kier molecular flexibility index (Phi) is 4.40. The number of benzene rings is 2. The van der Waals surface area contributed by atoms with Crippen LogP contribution in [-0.2, 0) is 0 Å². The molecule has 0 fully saturated rings. The lowest BCUT2D eigenvalue weighted by molar-refractivity contribution is 0.244. The van der Waals surface area contributed by atoms with Gasteiger partial charge in [0.05, 0.1) is 28.2 Å². The fourth-order valence-corrected chi connectivity index (χ4v) is 2.20. The second-order valence-corrected chi connectivity index (χ2v) is 5.35. The fourth-order valence-electron chi connectivity index (χ4n) is 1.93. The number of rotatable bonds is 4. The van der Waals surface area contributed by atoms with Crippen LogP contribution in [0.3, 0.4) is 0 Å². The van der Waals surface area contributed by atoms with Crippen molar-refractivity contribution in [2.24, 2.45) is 0 Å². The summed E-state index contributed by atoms with van der Waals surface area (Å²) in [4.78, 5) is 0. The molecule has 0 heterocycles. The molecule has 0 bridgehead atoms. The number of hydrogen-bond acceptors (Lipinski definition) is 3. The van der Waals surface area contributed by atoms with Gasteiger partial charge in [-0.05, 0) is 44.5 Å². The third-order valence-electron chi connectivity index (χ3n) is 2.91. The van der Waals surface area contributed by atoms with Crippen LogP contribution in [0.5, 0.6) is 5.75 Å². The average Bonchev–Trinajstić information content (AvgIpc) is 2.37. The lowest BCUT2D eigenvalue weighted by Gasteiger charge is -2.17. The molecular formula is C16H19ClN2O. The van der Waals surface area contributed by atoms with Gasteiger partial charge in [-0.15, -0.1) is 0 Å². The van der Waals surface area contributed by atoms with Crippen molar-refractivity contribution in [2.45, 2.75) is 26.9 Å². The summed E-state index contributed by atoms with van der Waals surface area (Å²) in [6.45, 7) is 5.94. The molecule has 0 aromatic heterocycles. The maximum absolute atomic E-state index is 6.22. The Morgan fingerprint density at radius 3 is 2.50 bits per heavy atom. The first kappa shape index (κ1) is 14.5. The zero-order valence-electron chi connectivity index (χ0n) is 11.9. The summed E-state index contributed by atoms with van der Waals surface area (Å²) in [7, 11) is 0. The minimum absolute atomic E-state index is 0.0783. The van der Waals surface area contributed by atoms with Crippen molar-refractivity contribution in [1.82, 2.24) is 0 Å². The molecule has 0 radical (unpaired) electrons. The Labute approximate surface area is 124 Å². The summed E-state index contributed by atoms with van der Waals surface area (Å²) in [5.41, 5.74) is 9.45. The summed E-state index contributed by atoms with van der Waals surface area (Å²) in [6.07, 6.45) is 0.0783. The number of para-hydroxylation sites is 2. The number of aryl methyl sites for hydroxylation is 1. The summed E-state index contributed by atoms with van der Waals surface area (Å²) < 4.78 is 5.69. The average molecular weight is 291 g/mol. The van der Waals surface area contributed by atoms with Crippen molar-refractivity contribution in [3.05, 3.63) is 47.0 Å².